The fourth-order valence-electron chi connectivity index (χ4n) is 2.54. The van der Waals surface area contributed by atoms with Crippen LogP contribution < -0.4 is 10.2 Å². The number of carbonyl (C=O) groups excluding carboxylic acids is 2. The highest BCUT2D eigenvalue weighted by atomic mass is 35.5. The third-order valence-electron chi connectivity index (χ3n) is 3.76. The number of rotatable bonds is 7. The average molecular weight is 339 g/mol. The highest BCUT2D eigenvalue weighted by molar-refractivity contribution is 6.33. The van der Waals surface area contributed by atoms with Crippen molar-refractivity contribution in [3.05, 3.63) is 29.3 Å². The van der Waals surface area contributed by atoms with Crippen LogP contribution in [0.5, 0.6) is 0 Å². The highest BCUT2D eigenvalue weighted by Gasteiger charge is 2.35. The van der Waals surface area contributed by atoms with Crippen molar-refractivity contribution in [2.24, 2.45) is 5.92 Å². The molecule has 1 aliphatic heterocycles. The van der Waals surface area contributed by atoms with E-state index in [0.29, 0.717) is 36.6 Å². The van der Waals surface area contributed by atoms with Crippen molar-refractivity contribution >= 4 is 35.1 Å². The van der Waals surface area contributed by atoms with Gasteiger partial charge in [0.05, 0.1) is 16.6 Å². The number of anilines is 1. The molecule has 0 aliphatic carbocycles. The fraction of sp³-hybridized carbons (Fsp3) is 0.438. The van der Waals surface area contributed by atoms with E-state index in [4.69, 9.17) is 16.7 Å². The number of carboxylic acid groups (broad SMARTS) is 1. The summed E-state index contributed by atoms with van der Waals surface area (Å²) >= 11 is 6.10. The second kappa shape index (κ2) is 7.97. The van der Waals surface area contributed by atoms with Gasteiger partial charge in [-0.15, -0.1) is 0 Å². The summed E-state index contributed by atoms with van der Waals surface area (Å²) < 4.78 is 0. The summed E-state index contributed by atoms with van der Waals surface area (Å²) in [4.78, 5) is 36.2. The number of halogens is 1. The van der Waals surface area contributed by atoms with Crippen molar-refractivity contribution in [1.29, 1.82) is 0 Å². The number of nitrogens with zero attached hydrogens (tertiary/aromatic N) is 1. The molecule has 0 spiro atoms. The predicted octanol–water partition coefficient (Wildman–Crippen LogP) is 2.06. The number of carbonyl (C=O) groups is 3. The SMILES string of the molecule is O=C(O)CCCCNC(=O)C1CC(=O)N(c2ccccc2Cl)C1. The van der Waals surface area contributed by atoms with E-state index in [0.717, 1.165) is 0 Å². The molecule has 1 unspecified atom stereocenters. The van der Waals surface area contributed by atoms with Gasteiger partial charge in [0.25, 0.3) is 0 Å². The van der Waals surface area contributed by atoms with Crippen molar-refractivity contribution in [1.82, 2.24) is 5.32 Å². The molecule has 1 saturated heterocycles. The minimum Gasteiger partial charge on any atom is -0.481 e. The first-order valence-electron chi connectivity index (χ1n) is 7.53. The van der Waals surface area contributed by atoms with Gasteiger partial charge in [-0.1, -0.05) is 23.7 Å². The zero-order valence-electron chi connectivity index (χ0n) is 12.6. The second-order valence-corrected chi connectivity index (χ2v) is 5.91. The van der Waals surface area contributed by atoms with Gasteiger partial charge in [-0.25, -0.2) is 0 Å². The summed E-state index contributed by atoms with van der Waals surface area (Å²) in [7, 11) is 0. The Balaban J connectivity index is 1.84. The maximum Gasteiger partial charge on any atom is 0.303 e. The molecule has 2 amide bonds. The normalized spacial score (nSPS) is 17.3. The van der Waals surface area contributed by atoms with Crippen LogP contribution in [0.1, 0.15) is 25.7 Å². The molecule has 1 aromatic carbocycles. The summed E-state index contributed by atoms with van der Waals surface area (Å²) in [5.74, 6) is -1.54. The van der Waals surface area contributed by atoms with Crippen LogP contribution in [0, 0.1) is 5.92 Å². The number of nitrogens with one attached hydrogen (secondary N) is 1. The third kappa shape index (κ3) is 4.69. The molecule has 0 aromatic heterocycles. The van der Waals surface area contributed by atoms with Gasteiger partial charge in [0, 0.05) is 25.9 Å². The van der Waals surface area contributed by atoms with Crippen LogP contribution in [-0.4, -0.2) is 36.0 Å². The van der Waals surface area contributed by atoms with Gasteiger partial charge in [-0.3, -0.25) is 14.4 Å². The first kappa shape index (κ1) is 17.3. The van der Waals surface area contributed by atoms with Gasteiger partial charge in [-0.05, 0) is 25.0 Å². The monoisotopic (exact) mass is 338 g/mol. The molecular weight excluding hydrogens is 320 g/mol. The average Bonchev–Trinajstić information content (AvgIpc) is 2.89. The van der Waals surface area contributed by atoms with Gasteiger partial charge in [0.15, 0.2) is 0 Å². The van der Waals surface area contributed by atoms with Gasteiger partial charge in [-0.2, -0.15) is 0 Å². The number of unbranched alkanes of at least 4 members (excludes halogenated alkanes) is 1. The van der Waals surface area contributed by atoms with Crippen LogP contribution in [0.3, 0.4) is 0 Å². The van der Waals surface area contributed by atoms with Crippen LogP contribution in [0.25, 0.3) is 0 Å². The molecule has 1 aliphatic rings. The molecule has 0 bridgehead atoms. The van der Waals surface area contributed by atoms with Crippen LogP contribution in [0.15, 0.2) is 24.3 Å². The number of amides is 2. The summed E-state index contributed by atoms with van der Waals surface area (Å²) in [6, 6.07) is 7.05. The van der Waals surface area contributed by atoms with Gasteiger partial charge in [0.2, 0.25) is 11.8 Å². The topological polar surface area (TPSA) is 86.7 Å². The maximum atomic E-state index is 12.1. The van der Waals surface area contributed by atoms with E-state index >= 15 is 0 Å². The number of benzene rings is 1. The highest BCUT2D eigenvalue weighted by Crippen LogP contribution is 2.30. The lowest BCUT2D eigenvalue weighted by Gasteiger charge is -2.18. The Kier molecular flexibility index (Phi) is 5.98. The van der Waals surface area contributed by atoms with E-state index in [1.165, 1.54) is 4.90 Å². The maximum absolute atomic E-state index is 12.1. The lowest BCUT2D eigenvalue weighted by atomic mass is 10.1. The first-order chi connectivity index (χ1) is 11.0. The molecular formula is C16H19ClN2O4. The van der Waals surface area contributed by atoms with Crippen LogP contribution in [-0.2, 0) is 14.4 Å². The Morgan fingerprint density at radius 1 is 1.30 bits per heavy atom. The zero-order chi connectivity index (χ0) is 16.8. The minimum absolute atomic E-state index is 0.0953. The Morgan fingerprint density at radius 2 is 2.04 bits per heavy atom. The number of carboxylic acids is 1. The quantitative estimate of drug-likeness (QED) is 0.745. The standard InChI is InChI=1S/C16H19ClN2O4/c17-12-5-1-2-6-13(12)19-10-11(9-14(19)20)16(23)18-8-4-3-7-15(21)22/h1-2,5-6,11H,3-4,7-10H2,(H,18,23)(H,21,22). The zero-order valence-corrected chi connectivity index (χ0v) is 13.4. The largest absolute Gasteiger partial charge is 0.481 e. The molecule has 0 radical (unpaired) electrons. The predicted molar refractivity (Wildman–Crippen MR) is 86.4 cm³/mol. The molecule has 1 aromatic rings. The second-order valence-electron chi connectivity index (χ2n) is 5.50. The van der Waals surface area contributed by atoms with Crippen molar-refractivity contribution in [3.8, 4) is 0 Å². The summed E-state index contributed by atoms with van der Waals surface area (Å²) in [6.45, 7) is 0.729. The van der Waals surface area contributed by atoms with Gasteiger partial charge in [0.1, 0.15) is 0 Å². The van der Waals surface area contributed by atoms with E-state index in [2.05, 4.69) is 5.32 Å². The molecule has 23 heavy (non-hydrogen) atoms. The molecule has 1 heterocycles. The van der Waals surface area contributed by atoms with Gasteiger partial charge >= 0.3 is 5.97 Å². The van der Waals surface area contributed by atoms with Gasteiger partial charge < -0.3 is 15.3 Å². The molecule has 1 fully saturated rings. The van der Waals surface area contributed by atoms with Crippen LogP contribution >= 0.6 is 11.6 Å². The van der Waals surface area contributed by atoms with Crippen molar-refractivity contribution in [2.45, 2.75) is 25.7 Å². The molecule has 7 heteroatoms. The smallest absolute Gasteiger partial charge is 0.303 e. The fourth-order valence-corrected chi connectivity index (χ4v) is 2.78. The Hall–Kier alpha value is -2.08. The van der Waals surface area contributed by atoms with E-state index in [1.807, 2.05) is 0 Å². The molecule has 0 saturated carbocycles. The number of hydrogen-bond acceptors (Lipinski definition) is 3. The molecule has 6 nitrogen and oxygen atoms in total. The Bertz CT molecular complexity index is 605. The molecule has 2 N–H and O–H groups in total. The first-order valence-corrected chi connectivity index (χ1v) is 7.91. The summed E-state index contributed by atoms with van der Waals surface area (Å²) in [5, 5.41) is 11.8. The third-order valence-corrected chi connectivity index (χ3v) is 4.08. The molecule has 1 atom stereocenters. The Labute approximate surface area is 139 Å². The molecule has 124 valence electrons. The van der Waals surface area contributed by atoms with E-state index in [-0.39, 0.29) is 24.7 Å². The Morgan fingerprint density at radius 3 is 2.74 bits per heavy atom. The van der Waals surface area contributed by atoms with Crippen molar-refractivity contribution < 1.29 is 19.5 Å². The van der Waals surface area contributed by atoms with Crippen LogP contribution in [0.4, 0.5) is 5.69 Å². The number of aliphatic carboxylic acids is 1. The van der Waals surface area contributed by atoms with E-state index in [9.17, 15) is 14.4 Å². The summed E-state index contributed by atoms with van der Waals surface area (Å²) in [5.41, 5.74) is 0.621. The number of para-hydroxylation sites is 1. The molecule has 2 rings (SSSR count). The van der Waals surface area contributed by atoms with E-state index < -0.39 is 11.9 Å². The van der Waals surface area contributed by atoms with Crippen LogP contribution in [0.2, 0.25) is 5.02 Å². The van der Waals surface area contributed by atoms with E-state index in [1.54, 1.807) is 24.3 Å². The lowest BCUT2D eigenvalue weighted by molar-refractivity contribution is -0.137. The summed E-state index contributed by atoms with van der Waals surface area (Å²) in [6.07, 6.45) is 1.38. The van der Waals surface area contributed by atoms with Crippen molar-refractivity contribution in [2.75, 3.05) is 18.0 Å². The number of hydrogen-bond donors (Lipinski definition) is 2. The van der Waals surface area contributed by atoms with Crippen molar-refractivity contribution in [3.63, 3.8) is 0 Å². The minimum atomic E-state index is -0.840. The lowest BCUT2D eigenvalue weighted by Crippen LogP contribution is -2.33.